The van der Waals surface area contributed by atoms with Crippen molar-refractivity contribution in [2.45, 2.75) is 31.1 Å². The maximum atomic E-state index is 12.5. The third kappa shape index (κ3) is 3.70. The summed E-state index contributed by atoms with van der Waals surface area (Å²) in [6.45, 7) is 3.88. The lowest BCUT2D eigenvalue weighted by Gasteiger charge is -2.24. The molecule has 124 valence electrons. The normalized spacial score (nSPS) is 19.4. The number of likely N-dealkylation sites (N-methyl/N-ethyl adjacent to an activating group) is 1. The minimum absolute atomic E-state index is 0.178. The number of nitrogens with one attached hydrogen (secondary N) is 2. The second-order valence-electron chi connectivity index (χ2n) is 6.03. The zero-order valence-corrected chi connectivity index (χ0v) is 14.5. The number of para-hydroxylation sites is 2. The largest absolute Gasteiger partial charge is 0.341 e. The monoisotopic (exact) mass is 332 g/mol. The number of aromatic nitrogens is 2. The highest BCUT2D eigenvalue weighted by atomic mass is 32.2. The molecule has 5 nitrogen and oxygen atoms in total. The predicted molar refractivity (Wildman–Crippen MR) is 95.6 cm³/mol. The van der Waals surface area contributed by atoms with Crippen molar-refractivity contribution in [3.05, 3.63) is 30.1 Å². The zero-order valence-electron chi connectivity index (χ0n) is 13.7. The van der Waals surface area contributed by atoms with Crippen LogP contribution in [-0.4, -0.2) is 52.7 Å². The van der Waals surface area contributed by atoms with Gasteiger partial charge in [0.05, 0.1) is 22.0 Å². The zero-order chi connectivity index (χ0) is 16.2. The Hall–Kier alpha value is -1.53. The van der Waals surface area contributed by atoms with Gasteiger partial charge in [-0.15, -0.1) is 11.8 Å². The number of carbonyl (C=O) groups is 1. The Labute approximate surface area is 141 Å². The second kappa shape index (κ2) is 7.36. The molecule has 0 radical (unpaired) electrons. The van der Waals surface area contributed by atoms with Crippen LogP contribution in [0.25, 0.3) is 11.0 Å². The summed E-state index contributed by atoms with van der Waals surface area (Å²) in [4.78, 5) is 22.5. The van der Waals surface area contributed by atoms with Crippen LogP contribution in [0, 0.1) is 0 Å². The first-order valence-corrected chi connectivity index (χ1v) is 9.24. The van der Waals surface area contributed by atoms with Gasteiger partial charge in [0.1, 0.15) is 5.82 Å². The van der Waals surface area contributed by atoms with Crippen LogP contribution >= 0.6 is 11.8 Å². The number of benzene rings is 1. The average molecular weight is 332 g/mol. The molecule has 6 heteroatoms. The van der Waals surface area contributed by atoms with Gasteiger partial charge in [0.2, 0.25) is 5.91 Å². The molecule has 3 rings (SSSR count). The Balaban J connectivity index is 1.57. The van der Waals surface area contributed by atoms with Gasteiger partial charge in [-0.2, -0.15) is 0 Å². The van der Waals surface area contributed by atoms with Gasteiger partial charge in [0.25, 0.3) is 0 Å². The summed E-state index contributed by atoms with van der Waals surface area (Å²) in [6, 6.07) is 8.38. The number of amides is 1. The van der Waals surface area contributed by atoms with E-state index in [2.05, 4.69) is 22.2 Å². The van der Waals surface area contributed by atoms with E-state index in [1.165, 1.54) is 0 Å². The molecule has 0 spiro atoms. The van der Waals surface area contributed by atoms with Gasteiger partial charge in [0, 0.05) is 19.1 Å². The summed E-state index contributed by atoms with van der Waals surface area (Å²) in [5.74, 6) is 1.70. The second-order valence-corrected chi connectivity index (χ2v) is 7.36. The fourth-order valence-corrected chi connectivity index (χ4v) is 3.96. The Morgan fingerprint density at radius 2 is 2.35 bits per heavy atom. The van der Waals surface area contributed by atoms with E-state index in [4.69, 9.17) is 0 Å². The van der Waals surface area contributed by atoms with Crippen LogP contribution in [0.3, 0.4) is 0 Å². The minimum Gasteiger partial charge on any atom is -0.341 e. The Morgan fingerprint density at radius 1 is 1.52 bits per heavy atom. The maximum absolute atomic E-state index is 12.5. The van der Waals surface area contributed by atoms with Gasteiger partial charge in [0.15, 0.2) is 0 Å². The van der Waals surface area contributed by atoms with Crippen LogP contribution in [0.4, 0.5) is 0 Å². The summed E-state index contributed by atoms with van der Waals surface area (Å²) in [5.41, 5.74) is 2.03. The van der Waals surface area contributed by atoms with Crippen molar-refractivity contribution in [2.24, 2.45) is 0 Å². The van der Waals surface area contributed by atoms with E-state index in [-0.39, 0.29) is 11.2 Å². The lowest BCUT2D eigenvalue weighted by molar-refractivity contribution is -0.129. The number of hydrogen-bond donors (Lipinski definition) is 2. The number of carbonyl (C=O) groups excluding carboxylic acids is 1. The minimum atomic E-state index is 0.178. The van der Waals surface area contributed by atoms with Crippen molar-refractivity contribution in [3.63, 3.8) is 0 Å². The van der Waals surface area contributed by atoms with Crippen LogP contribution in [0.5, 0.6) is 0 Å². The van der Waals surface area contributed by atoms with Crippen LogP contribution in [0.2, 0.25) is 0 Å². The van der Waals surface area contributed by atoms with Crippen molar-refractivity contribution in [1.29, 1.82) is 0 Å². The smallest absolute Gasteiger partial charge is 0.232 e. The molecule has 1 aliphatic rings. The molecule has 0 aliphatic carbocycles. The van der Waals surface area contributed by atoms with Gasteiger partial charge < -0.3 is 15.2 Å². The van der Waals surface area contributed by atoms with E-state index < -0.39 is 0 Å². The number of thioether (sulfide) groups is 1. The molecule has 2 N–H and O–H groups in total. The van der Waals surface area contributed by atoms with E-state index in [0.29, 0.717) is 11.8 Å². The number of fused-ring (bicyclic) bond motifs is 1. The highest BCUT2D eigenvalue weighted by Crippen LogP contribution is 2.28. The third-order valence-corrected chi connectivity index (χ3v) is 5.52. The summed E-state index contributed by atoms with van der Waals surface area (Å²) in [6.07, 6.45) is 2.22. The molecule has 2 unspecified atom stereocenters. The van der Waals surface area contributed by atoms with Gasteiger partial charge in [-0.1, -0.05) is 12.1 Å². The Morgan fingerprint density at radius 3 is 3.13 bits per heavy atom. The molecule has 1 aromatic carbocycles. The molecule has 23 heavy (non-hydrogen) atoms. The molecule has 2 atom stereocenters. The van der Waals surface area contributed by atoms with Gasteiger partial charge >= 0.3 is 0 Å². The first kappa shape index (κ1) is 16.3. The summed E-state index contributed by atoms with van der Waals surface area (Å²) < 4.78 is 0. The lowest BCUT2D eigenvalue weighted by Crippen LogP contribution is -2.41. The van der Waals surface area contributed by atoms with Crippen LogP contribution in [0.1, 0.15) is 30.8 Å². The standard InChI is InChI=1S/C17H24N4OS/c1-12(17-19-14-7-3-4-8-15(14)20-17)23-11-16(22)21-9-5-6-13(21)10-18-2/h3-4,7-8,12-13,18H,5-6,9-11H2,1-2H3,(H,19,20). The topological polar surface area (TPSA) is 61.0 Å². The lowest BCUT2D eigenvalue weighted by atomic mass is 10.2. The fraction of sp³-hybridized carbons (Fsp3) is 0.529. The van der Waals surface area contributed by atoms with E-state index in [9.17, 15) is 4.79 Å². The van der Waals surface area contributed by atoms with Crippen LogP contribution in [-0.2, 0) is 4.79 Å². The first-order valence-electron chi connectivity index (χ1n) is 8.19. The van der Waals surface area contributed by atoms with E-state index >= 15 is 0 Å². The van der Waals surface area contributed by atoms with Gasteiger partial charge in [-0.3, -0.25) is 4.79 Å². The fourth-order valence-electron chi connectivity index (χ4n) is 3.14. The molecular formula is C17H24N4OS. The number of nitrogens with zero attached hydrogens (tertiary/aromatic N) is 2. The summed E-state index contributed by atoms with van der Waals surface area (Å²) in [7, 11) is 1.94. The van der Waals surface area contributed by atoms with Crippen molar-refractivity contribution >= 4 is 28.7 Å². The van der Waals surface area contributed by atoms with Gasteiger partial charge in [-0.25, -0.2) is 4.98 Å². The number of imidazole rings is 1. The van der Waals surface area contributed by atoms with Crippen LogP contribution < -0.4 is 5.32 Å². The molecule has 1 amide bonds. The molecule has 1 aliphatic heterocycles. The van der Waals surface area contributed by atoms with E-state index in [1.807, 2.05) is 36.2 Å². The highest BCUT2D eigenvalue weighted by molar-refractivity contribution is 8.00. The summed E-state index contributed by atoms with van der Waals surface area (Å²) >= 11 is 1.65. The number of hydrogen-bond acceptors (Lipinski definition) is 4. The Kier molecular flexibility index (Phi) is 5.23. The molecule has 2 aromatic rings. The summed E-state index contributed by atoms with van der Waals surface area (Å²) in [5, 5.41) is 3.36. The molecule has 1 fully saturated rings. The third-order valence-electron chi connectivity index (χ3n) is 4.39. The highest BCUT2D eigenvalue weighted by Gasteiger charge is 2.28. The molecule has 0 saturated carbocycles. The quantitative estimate of drug-likeness (QED) is 0.853. The number of likely N-dealkylation sites (tertiary alicyclic amines) is 1. The number of aromatic amines is 1. The SMILES string of the molecule is CNCC1CCCN1C(=O)CSC(C)c1nc2ccccc2[nH]1. The molecule has 0 bridgehead atoms. The number of H-pyrrole nitrogens is 1. The first-order chi connectivity index (χ1) is 11.2. The average Bonchev–Trinajstić information content (AvgIpc) is 3.19. The molecule has 2 heterocycles. The maximum Gasteiger partial charge on any atom is 0.232 e. The molecule has 1 aromatic heterocycles. The van der Waals surface area contributed by atoms with Crippen molar-refractivity contribution < 1.29 is 4.79 Å². The van der Waals surface area contributed by atoms with Crippen LogP contribution in [0.15, 0.2) is 24.3 Å². The molecular weight excluding hydrogens is 308 g/mol. The van der Waals surface area contributed by atoms with Crippen molar-refractivity contribution in [1.82, 2.24) is 20.2 Å². The van der Waals surface area contributed by atoms with E-state index in [0.717, 1.165) is 42.8 Å². The Bertz CT molecular complexity index is 638. The van der Waals surface area contributed by atoms with E-state index in [1.54, 1.807) is 11.8 Å². The van der Waals surface area contributed by atoms with Crippen molar-refractivity contribution in [3.8, 4) is 0 Å². The van der Waals surface area contributed by atoms with Crippen molar-refractivity contribution in [2.75, 3.05) is 25.9 Å². The molecule has 1 saturated heterocycles. The number of rotatable bonds is 6. The van der Waals surface area contributed by atoms with Gasteiger partial charge in [-0.05, 0) is 38.9 Å². The predicted octanol–water partition coefficient (Wildman–Crippen LogP) is 2.57.